The van der Waals surface area contributed by atoms with Gasteiger partial charge in [-0.2, -0.15) is 44.8 Å². The molecule has 16 aromatic rings. The quantitative estimate of drug-likeness (QED) is 0.121. The third-order valence-corrected chi connectivity index (χ3v) is 20.0. The van der Waals surface area contributed by atoms with Crippen molar-refractivity contribution in [3.63, 3.8) is 0 Å². The van der Waals surface area contributed by atoms with E-state index in [1.54, 1.807) is 65.2 Å². The lowest BCUT2D eigenvalue weighted by Gasteiger charge is -2.26. The van der Waals surface area contributed by atoms with Gasteiger partial charge in [0.2, 0.25) is 0 Å². The Hall–Kier alpha value is -12.3. The molecule has 102 heavy (non-hydrogen) atoms. The van der Waals surface area contributed by atoms with Crippen LogP contribution < -0.4 is 0 Å². The smallest absolute Gasteiger partial charge is 0.309 e. The number of alkyl halides is 9. The van der Waals surface area contributed by atoms with Crippen LogP contribution in [0.1, 0.15) is 66.8 Å². The lowest BCUT2D eigenvalue weighted by molar-refractivity contribution is -0.138. The van der Waals surface area contributed by atoms with Crippen molar-refractivity contribution in [3.8, 4) is 51.1 Å². The fourth-order valence-electron chi connectivity index (χ4n) is 15.9. The van der Waals surface area contributed by atoms with E-state index >= 15 is 13.2 Å². The van der Waals surface area contributed by atoms with Gasteiger partial charge in [-0.3, -0.25) is 0 Å². The fourth-order valence-corrected chi connectivity index (χ4v) is 15.9. The maximum Gasteiger partial charge on any atom is 0.420 e. The number of nitriles is 1. The van der Waals surface area contributed by atoms with Crippen LogP contribution in [0.5, 0.6) is 0 Å². The number of hydrogen-bond donors (Lipinski definition) is 0. The standard InChI is InChI=1S/C43H29F6N3.C43H29F3N4/c1-23-11-6-17-30-35(23)36-24(2)12-7-18-31(36)51(30)34-22-21-27(39-28(42(44,45)46)15-10-16-29(39)50-5)41(40(34)43(47,48)49)52-32-19-8-13-25(3)37(32)38-26(4)14-9-20-33(38)52;1-24-11-6-17-33-37(24)38-25(2)12-7-18-34(38)49(33)32-22-21-28(41-30(43(44,45)46)15-10-16-31(41)48-5)42(29(32)23-47)50-35-19-8-13-26(3)39(35)40-27(4)14-9-20-36(40)50/h6-22H,1-4H3;6-22H,1-4H3. The van der Waals surface area contributed by atoms with Crippen molar-refractivity contribution >= 4 is 98.6 Å². The van der Waals surface area contributed by atoms with E-state index in [1.165, 1.54) is 34.9 Å². The molecule has 0 bridgehead atoms. The molecule has 0 radical (unpaired) electrons. The molecular formula is C86H58F9N7. The van der Waals surface area contributed by atoms with Gasteiger partial charge in [0.05, 0.1) is 91.2 Å². The fraction of sp³-hybridized carbons (Fsp3) is 0.128. The molecule has 0 amide bonds. The molecule has 0 fully saturated rings. The zero-order chi connectivity index (χ0) is 71.9. The largest absolute Gasteiger partial charge is 0.420 e. The Labute approximate surface area is 579 Å². The molecule has 4 aromatic heterocycles. The highest BCUT2D eigenvalue weighted by Crippen LogP contribution is 2.54. The maximum absolute atomic E-state index is 16.3. The first-order valence-corrected chi connectivity index (χ1v) is 32.8. The predicted octanol–water partition coefficient (Wildman–Crippen LogP) is 25.6. The second kappa shape index (κ2) is 24.0. The second-order valence-corrected chi connectivity index (χ2v) is 26.0. The molecule has 0 atom stereocenters. The number of halogens is 9. The van der Waals surface area contributed by atoms with Crippen molar-refractivity contribution in [1.82, 2.24) is 18.3 Å². The monoisotopic (exact) mass is 1360 g/mol. The summed E-state index contributed by atoms with van der Waals surface area (Å²) in [6, 6.07) is 60.5. The molecule has 0 spiro atoms. The van der Waals surface area contributed by atoms with Gasteiger partial charge in [-0.1, -0.05) is 146 Å². The summed E-state index contributed by atoms with van der Waals surface area (Å²) in [4.78, 5) is 6.99. The van der Waals surface area contributed by atoms with Gasteiger partial charge < -0.3 is 18.3 Å². The van der Waals surface area contributed by atoms with Crippen molar-refractivity contribution in [2.75, 3.05) is 0 Å². The number of rotatable bonds is 6. The molecule has 500 valence electrons. The van der Waals surface area contributed by atoms with Crippen molar-refractivity contribution in [1.29, 1.82) is 5.26 Å². The topological polar surface area (TPSA) is 52.2 Å². The summed E-state index contributed by atoms with van der Waals surface area (Å²) < 4.78 is 145. The van der Waals surface area contributed by atoms with Crippen molar-refractivity contribution in [3.05, 3.63) is 296 Å². The first-order valence-electron chi connectivity index (χ1n) is 32.8. The number of aryl methyl sites for hydroxylation is 8. The van der Waals surface area contributed by atoms with Crippen LogP contribution in [0, 0.1) is 79.9 Å². The van der Waals surface area contributed by atoms with Crippen LogP contribution in [0.3, 0.4) is 0 Å². The number of benzene rings is 12. The normalized spacial score (nSPS) is 12.1. The predicted molar refractivity (Wildman–Crippen MR) is 391 cm³/mol. The average Bonchev–Trinajstić information content (AvgIpc) is 1.52. The van der Waals surface area contributed by atoms with Gasteiger partial charge in [0.1, 0.15) is 17.2 Å². The summed E-state index contributed by atoms with van der Waals surface area (Å²) in [5.41, 5.74) is 8.04. The van der Waals surface area contributed by atoms with Gasteiger partial charge in [-0.25, -0.2) is 9.69 Å². The maximum atomic E-state index is 16.3. The van der Waals surface area contributed by atoms with Crippen LogP contribution in [0.25, 0.3) is 142 Å². The van der Waals surface area contributed by atoms with Crippen molar-refractivity contribution in [2.24, 2.45) is 0 Å². The Morgan fingerprint density at radius 2 is 0.559 bits per heavy atom. The minimum atomic E-state index is -5.08. The van der Waals surface area contributed by atoms with Gasteiger partial charge >= 0.3 is 18.5 Å². The Morgan fingerprint density at radius 1 is 0.304 bits per heavy atom. The van der Waals surface area contributed by atoms with E-state index in [4.69, 9.17) is 13.1 Å². The molecule has 7 nitrogen and oxygen atoms in total. The zero-order valence-corrected chi connectivity index (χ0v) is 56.2. The number of nitrogens with zero attached hydrogens (tertiary/aromatic N) is 7. The SMILES string of the molecule is [C-]#[N+]c1cccc(C(F)(F)F)c1-c1ccc(-n2c3cccc(C)c3c3c(C)cccc32)c(C#N)c1-n1c2cccc(C)c2c2c(C)cccc21.[C-]#[N+]c1cccc(C(F)(F)F)c1-c1ccc(-n2c3cccc(C)c3c3c(C)cccc32)c(C(F)(F)F)c1-n1c2cccc(C)c2c2c(C)cccc21. The van der Waals surface area contributed by atoms with Crippen LogP contribution in [0.2, 0.25) is 0 Å². The van der Waals surface area contributed by atoms with E-state index in [0.29, 0.717) is 38.5 Å². The zero-order valence-electron chi connectivity index (χ0n) is 56.2. The molecule has 0 aliphatic carbocycles. The Kier molecular flexibility index (Phi) is 15.4. The first-order chi connectivity index (χ1) is 48.8. The minimum Gasteiger partial charge on any atom is -0.309 e. The van der Waals surface area contributed by atoms with Gasteiger partial charge in [0.25, 0.3) is 0 Å². The van der Waals surface area contributed by atoms with E-state index in [9.17, 15) is 31.6 Å². The van der Waals surface area contributed by atoms with Crippen LogP contribution in [0.4, 0.5) is 50.9 Å². The second-order valence-electron chi connectivity index (χ2n) is 26.0. The highest BCUT2D eigenvalue weighted by atomic mass is 19.4. The molecule has 0 saturated heterocycles. The average molecular weight is 1360 g/mol. The van der Waals surface area contributed by atoms with E-state index in [0.717, 1.165) is 117 Å². The summed E-state index contributed by atoms with van der Waals surface area (Å²) >= 11 is 0. The van der Waals surface area contributed by atoms with Crippen molar-refractivity contribution < 1.29 is 39.5 Å². The van der Waals surface area contributed by atoms with Crippen LogP contribution in [-0.4, -0.2) is 18.3 Å². The highest BCUT2D eigenvalue weighted by Gasteiger charge is 2.43. The Morgan fingerprint density at radius 3 is 0.833 bits per heavy atom. The molecule has 16 heteroatoms. The molecule has 0 N–H and O–H groups in total. The summed E-state index contributed by atoms with van der Waals surface area (Å²) in [5.74, 6) is 0. The van der Waals surface area contributed by atoms with Crippen LogP contribution >= 0.6 is 0 Å². The molecule has 0 aliphatic heterocycles. The minimum absolute atomic E-state index is 0.144. The van der Waals surface area contributed by atoms with E-state index in [-0.39, 0.29) is 39.3 Å². The van der Waals surface area contributed by atoms with Gasteiger partial charge in [-0.15, -0.1) is 0 Å². The van der Waals surface area contributed by atoms with Crippen LogP contribution in [0.15, 0.2) is 206 Å². The Bertz CT molecular complexity index is 6180. The summed E-state index contributed by atoms with van der Waals surface area (Å²) in [7, 11) is 0. The lowest BCUT2D eigenvalue weighted by atomic mass is 9.92. The summed E-state index contributed by atoms with van der Waals surface area (Å²) in [6.07, 6.45) is -14.8. The van der Waals surface area contributed by atoms with E-state index in [2.05, 4.69) is 41.7 Å². The number of hydrogen-bond acceptors (Lipinski definition) is 1. The molecular weight excluding hydrogens is 1300 g/mol. The van der Waals surface area contributed by atoms with E-state index < -0.39 is 52.2 Å². The Balaban J connectivity index is 0.000000165. The van der Waals surface area contributed by atoms with Gasteiger partial charge in [-0.05, 0) is 172 Å². The lowest BCUT2D eigenvalue weighted by Crippen LogP contribution is -2.17. The highest BCUT2D eigenvalue weighted by molar-refractivity contribution is 6.17. The molecule has 12 aromatic carbocycles. The molecule has 0 saturated carbocycles. The molecule has 16 rings (SSSR count). The molecule has 0 aliphatic rings. The van der Waals surface area contributed by atoms with Gasteiger partial charge in [0.15, 0.2) is 11.4 Å². The number of fused-ring (bicyclic) bond motifs is 12. The third kappa shape index (κ3) is 9.92. The van der Waals surface area contributed by atoms with Crippen LogP contribution in [-0.2, 0) is 18.5 Å². The summed E-state index contributed by atoms with van der Waals surface area (Å²) in [6.45, 7) is 31.5. The number of aromatic nitrogens is 4. The third-order valence-electron chi connectivity index (χ3n) is 20.0. The molecule has 4 heterocycles. The van der Waals surface area contributed by atoms with Crippen molar-refractivity contribution in [2.45, 2.75) is 73.9 Å². The summed E-state index contributed by atoms with van der Waals surface area (Å²) in [5, 5.41) is 18.2. The van der Waals surface area contributed by atoms with Gasteiger partial charge in [0, 0.05) is 54.2 Å². The molecule has 0 unspecified atom stereocenters. The van der Waals surface area contributed by atoms with E-state index in [1.807, 2.05) is 136 Å². The first kappa shape index (κ1) is 65.6.